The lowest BCUT2D eigenvalue weighted by Crippen LogP contribution is -2.54. The number of alkyl halides is 3. The minimum atomic E-state index is -3.45. The summed E-state index contributed by atoms with van der Waals surface area (Å²) in [4.78, 5) is 6.68. The van der Waals surface area contributed by atoms with Crippen molar-refractivity contribution in [3.05, 3.63) is 64.9 Å². The molecule has 5 rings (SSSR count). The molecule has 0 radical (unpaired) electrons. The molecule has 2 aliphatic rings. The van der Waals surface area contributed by atoms with E-state index in [9.17, 15) is 18.3 Å². The third-order valence-electron chi connectivity index (χ3n) is 7.60. The number of H-pyrrole nitrogens is 1. The van der Waals surface area contributed by atoms with Crippen molar-refractivity contribution in [3.8, 4) is 0 Å². The molecular formula is C28H33F5N4O. The summed E-state index contributed by atoms with van der Waals surface area (Å²) in [7, 11) is 0. The van der Waals surface area contributed by atoms with Gasteiger partial charge in [-0.15, -0.1) is 0 Å². The number of hydrogen-bond acceptors (Lipinski definition) is 4. The molecule has 0 aliphatic carbocycles. The zero-order valence-corrected chi connectivity index (χ0v) is 21.5. The molecule has 0 spiro atoms. The summed E-state index contributed by atoms with van der Waals surface area (Å²) < 4.78 is 72.8. The largest absolute Gasteiger partial charge is 0.390 e. The number of para-hydroxylation sites is 1. The zero-order chi connectivity index (χ0) is 27.2. The lowest BCUT2D eigenvalue weighted by Gasteiger charge is -2.45. The van der Waals surface area contributed by atoms with Gasteiger partial charge in [-0.05, 0) is 30.2 Å². The Balaban J connectivity index is 1.53. The fourth-order valence-corrected chi connectivity index (χ4v) is 6.07. The Morgan fingerprint density at radius 3 is 2.47 bits per heavy atom. The predicted octanol–water partition coefficient (Wildman–Crippen LogP) is 5.21. The summed E-state index contributed by atoms with van der Waals surface area (Å²) in [5, 5.41) is 13.3. The second-order valence-corrected chi connectivity index (χ2v) is 11.2. The standard InChI is InChI=1S/C28H33F5N4O/c1-27(2)14-37(15-28(32,33)16-38)26(25-24(27)19-6-3-4-7-22(19)35-25)23-20(30)10-17(11-21(23)31)34-18-12-36(13-18)9-5-8-29/h3-4,6-7,10-11,18,26,34-35,38H,5,8-9,12-16H2,1-2H3/t26-/m0/s1. The van der Waals surface area contributed by atoms with Crippen molar-refractivity contribution >= 4 is 16.6 Å². The van der Waals surface area contributed by atoms with E-state index in [2.05, 4.69) is 15.2 Å². The van der Waals surface area contributed by atoms with Crippen molar-refractivity contribution in [2.24, 2.45) is 0 Å². The first-order chi connectivity index (χ1) is 18.0. The van der Waals surface area contributed by atoms with Gasteiger partial charge in [0.2, 0.25) is 0 Å². The summed E-state index contributed by atoms with van der Waals surface area (Å²) in [6.07, 6.45) is 0.449. The van der Waals surface area contributed by atoms with Crippen molar-refractivity contribution in [3.63, 3.8) is 0 Å². The molecule has 3 heterocycles. The quantitative estimate of drug-likeness (QED) is 0.329. The Morgan fingerprint density at radius 2 is 1.82 bits per heavy atom. The van der Waals surface area contributed by atoms with E-state index >= 15 is 8.78 Å². The molecule has 38 heavy (non-hydrogen) atoms. The highest BCUT2D eigenvalue weighted by atomic mass is 19.3. The number of hydrogen-bond donors (Lipinski definition) is 3. The number of nitrogens with one attached hydrogen (secondary N) is 2. The number of likely N-dealkylation sites (tertiary alicyclic amines) is 1. The van der Waals surface area contributed by atoms with Crippen molar-refractivity contribution < 1.29 is 27.1 Å². The van der Waals surface area contributed by atoms with Gasteiger partial charge in [0.15, 0.2) is 0 Å². The van der Waals surface area contributed by atoms with E-state index in [0.29, 0.717) is 31.7 Å². The summed E-state index contributed by atoms with van der Waals surface area (Å²) in [5.41, 5.74) is 1.41. The van der Waals surface area contributed by atoms with Crippen LogP contribution in [0.3, 0.4) is 0 Å². The van der Waals surface area contributed by atoms with E-state index < -0.39 is 42.2 Å². The Labute approximate surface area is 218 Å². The summed E-state index contributed by atoms with van der Waals surface area (Å²) in [6, 6.07) is 8.71. The summed E-state index contributed by atoms with van der Waals surface area (Å²) in [6.45, 7) is 3.26. The predicted molar refractivity (Wildman–Crippen MR) is 138 cm³/mol. The van der Waals surface area contributed by atoms with Crippen LogP contribution in [0, 0.1) is 11.6 Å². The van der Waals surface area contributed by atoms with E-state index in [1.807, 2.05) is 38.1 Å². The van der Waals surface area contributed by atoms with Crippen LogP contribution in [0.15, 0.2) is 36.4 Å². The van der Waals surface area contributed by atoms with Gasteiger partial charge in [0.1, 0.15) is 18.2 Å². The second kappa shape index (κ2) is 10.1. The van der Waals surface area contributed by atoms with Gasteiger partial charge >= 0.3 is 0 Å². The maximum atomic E-state index is 15.7. The highest BCUT2D eigenvalue weighted by Crippen LogP contribution is 2.47. The summed E-state index contributed by atoms with van der Waals surface area (Å²) in [5.74, 6) is -5.13. The molecule has 2 aromatic carbocycles. The fraction of sp³-hybridized carbons (Fsp3) is 0.500. The highest BCUT2D eigenvalue weighted by molar-refractivity contribution is 5.86. The first-order valence-electron chi connectivity index (χ1n) is 12.9. The van der Waals surface area contributed by atoms with Gasteiger partial charge in [-0.3, -0.25) is 14.2 Å². The van der Waals surface area contributed by atoms with E-state index in [1.165, 1.54) is 17.0 Å². The first-order valence-corrected chi connectivity index (χ1v) is 12.9. The maximum Gasteiger partial charge on any atom is 0.283 e. The molecule has 0 unspecified atom stereocenters. The van der Waals surface area contributed by atoms with Crippen LogP contribution in [-0.2, 0) is 5.41 Å². The van der Waals surface area contributed by atoms with E-state index in [1.54, 1.807) is 0 Å². The molecule has 5 nitrogen and oxygen atoms in total. The minimum Gasteiger partial charge on any atom is -0.390 e. The minimum absolute atomic E-state index is 0.0187. The molecular weight excluding hydrogens is 503 g/mol. The Kier molecular flexibility index (Phi) is 7.17. The number of anilines is 1. The lowest BCUT2D eigenvalue weighted by molar-refractivity contribution is -0.0828. The van der Waals surface area contributed by atoms with Crippen LogP contribution >= 0.6 is 0 Å². The molecule has 2 aliphatic heterocycles. The first kappa shape index (κ1) is 26.9. The van der Waals surface area contributed by atoms with Crippen molar-refractivity contribution in [2.75, 3.05) is 51.3 Å². The van der Waals surface area contributed by atoms with Crippen LogP contribution in [0.4, 0.5) is 27.6 Å². The van der Waals surface area contributed by atoms with Gasteiger partial charge in [-0.25, -0.2) is 17.6 Å². The van der Waals surface area contributed by atoms with Gasteiger partial charge in [0, 0.05) is 59.4 Å². The Bertz CT molecular complexity index is 1280. The van der Waals surface area contributed by atoms with Gasteiger partial charge in [-0.2, -0.15) is 0 Å². The van der Waals surface area contributed by atoms with Crippen molar-refractivity contribution in [2.45, 2.75) is 43.7 Å². The van der Waals surface area contributed by atoms with Crippen molar-refractivity contribution in [1.29, 1.82) is 0 Å². The van der Waals surface area contributed by atoms with Crippen LogP contribution in [0.2, 0.25) is 0 Å². The third kappa shape index (κ3) is 5.01. The van der Waals surface area contributed by atoms with Crippen molar-refractivity contribution in [1.82, 2.24) is 14.8 Å². The van der Waals surface area contributed by atoms with Crippen LogP contribution in [0.5, 0.6) is 0 Å². The second-order valence-electron chi connectivity index (χ2n) is 11.2. The van der Waals surface area contributed by atoms with Crippen LogP contribution < -0.4 is 5.32 Å². The molecule has 206 valence electrons. The molecule has 3 aromatic rings. The average molecular weight is 537 g/mol. The van der Waals surface area contributed by atoms with Crippen LogP contribution in [0.1, 0.15) is 43.1 Å². The van der Waals surface area contributed by atoms with Gasteiger partial charge in [0.25, 0.3) is 5.92 Å². The lowest BCUT2D eigenvalue weighted by atomic mass is 9.76. The van der Waals surface area contributed by atoms with E-state index in [0.717, 1.165) is 16.5 Å². The Hall–Kier alpha value is -2.69. The third-order valence-corrected chi connectivity index (χ3v) is 7.60. The molecule has 0 saturated carbocycles. The zero-order valence-electron chi connectivity index (χ0n) is 21.5. The molecule has 1 aromatic heterocycles. The molecule has 1 fully saturated rings. The van der Waals surface area contributed by atoms with E-state index in [4.69, 9.17) is 0 Å². The number of nitrogens with zero attached hydrogens (tertiary/aromatic N) is 2. The Morgan fingerprint density at radius 1 is 1.13 bits per heavy atom. The SMILES string of the molecule is CC1(C)CN(CC(F)(F)CO)[C@@H](c2c(F)cc(NC3CN(CCCF)C3)cc2F)c2[nH]c3ccccc3c21. The van der Waals surface area contributed by atoms with Gasteiger partial charge in [-0.1, -0.05) is 32.0 Å². The molecule has 1 atom stereocenters. The fourth-order valence-electron chi connectivity index (χ4n) is 6.07. The number of aliphatic hydroxyl groups is 1. The monoisotopic (exact) mass is 536 g/mol. The van der Waals surface area contributed by atoms with Gasteiger partial charge in [0.05, 0.1) is 25.3 Å². The molecule has 10 heteroatoms. The molecule has 1 saturated heterocycles. The summed E-state index contributed by atoms with van der Waals surface area (Å²) >= 11 is 0. The number of aliphatic hydroxyl groups excluding tert-OH is 1. The smallest absolute Gasteiger partial charge is 0.283 e. The maximum absolute atomic E-state index is 15.7. The molecule has 0 bridgehead atoms. The highest BCUT2D eigenvalue weighted by Gasteiger charge is 2.46. The number of rotatable bonds is 9. The van der Waals surface area contributed by atoms with Gasteiger partial charge < -0.3 is 15.4 Å². The average Bonchev–Trinajstić information content (AvgIpc) is 3.22. The number of aromatic amines is 1. The number of benzene rings is 2. The number of halogens is 5. The number of aromatic nitrogens is 1. The van der Waals surface area contributed by atoms with E-state index in [-0.39, 0.29) is 30.5 Å². The van der Waals surface area contributed by atoms with Crippen LogP contribution in [-0.4, -0.2) is 77.9 Å². The molecule has 3 N–H and O–H groups in total. The normalized spacial score (nSPS) is 20.5. The molecule has 0 amide bonds. The topological polar surface area (TPSA) is 54.5 Å². The van der Waals surface area contributed by atoms with Crippen LogP contribution in [0.25, 0.3) is 10.9 Å². The number of fused-ring (bicyclic) bond motifs is 3.